The third-order valence-electron chi connectivity index (χ3n) is 2.59. The zero-order valence-electron chi connectivity index (χ0n) is 11.5. The van der Waals surface area contributed by atoms with E-state index in [1.807, 2.05) is 39.2 Å². The number of likely N-dealkylation sites (N-methyl/N-ethyl adjacent to an activating group) is 1. The Morgan fingerprint density at radius 2 is 2.11 bits per heavy atom. The van der Waals surface area contributed by atoms with Crippen LogP contribution in [0, 0.1) is 6.92 Å². The number of aryl methyl sites for hydroxylation is 1. The molecule has 4 heteroatoms. The number of hydrogen-bond donors (Lipinski definition) is 2. The second-order valence-electron chi connectivity index (χ2n) is 4.75. The Labute approximate surface area is 109 Å². The summed E-state index contributed by atoms with van der Waals surface area (Å²) in [5.41, 5.74) is 2.35. The second-order valence-corrected chi connectivity index (χ2v) is 4.75. The van der Waals surface area contributed by atoms with Crippen LogP contribution in [0.15, 0.2) is 24.3 Å². The number of carbonyl (C=O) groups is 1. The van der Waals surface area contributed by atoms with Crippen molar-refractivity contribution in [1.82, 2.24) is 15.5 Å². The highest BCUT2D eigenvalue weighted by molar-refractivity contribution is 5.77. The zero-order chi connectivity index (χ0) is 13.4. The van der Waals surface area contributed by atoms with Crippen LogP contribution in [0.25, 0.3) is 0 Å². The first-order valence-corrected chi connectivity index (χ1v) is 6.25. The first-order chi connectivity index (χ1) is 8.58. The standard InChI is InChI=1S/C14H23N3O/c1-12-5-4-6-13(9-12)10-16-14(18)11-15-7-8-17(2)3/h4-6,9,15H,7-8,10-11H2,1-3H3,(H,16,18). The van der Waals surface area contributed by atoms with E-state index in [4.69, 9.17) is 0 Å². The summed E-state index contributed by atoms with van der Waals surface area (Å²) >= 11 is 0. The number of hydrogen-bond acceptors (Lipinski definition) is 3. The van der Waals surface area contributed by atoms with Crippen LogP contribution in [0.4, 0.5) is 0 Å². The summed E-state index contributed by atoms with van der Waals surface area (Å²) in [6, 6.07) is 8.16. The van der Waals surface area contributed by atoms with E-state index < -0.39 is 0 Å². The first-order valence-electron chi connectivity index (χ1n) is 6.25. The topological polar surface area (TPSA) is 44.4 Å². The molecule has 0 saturated heterocycles. The molecule has 4 nitrogen and oxygen atoms in total. The van der Waals surface area contributed by atoms with Gasteiger partial charge in [-0.15, -0.1) is 0 Å². The SMILES string of the molecule is Cc1cccc(CNC(=O)CNCCN(C)C)c1. The molecule has 1 aromatic rings. The van der Waals surface area contributed by atoms with Crippen LogP contribution in [0.5, 0.6) is 0 Å². The van der Waals surface area contributed by atoms with Crippen molar-refractivity contribution in [1.29, 1.82) is 0 Å². The highest BCUT2D eigenvalue weighted by atomic mass is 16.1. The van der Waals surface area contributed by atoms with Gasteiger partial charge in [-0.3, -0.25) is 4.79 Å². The molecular formula is C14H23N3O. The highest BCUT2D eigenvalue weighted by Crippen LogP contribution is 2.02. The van der Waals surface area contributed by atoms with Gasteiger partial charge in [-0.2, -0.15) is 0 Å². The van der Waals surface area contributed by atoms with E-state index in [0.29, 0.717) is 13.1 Å². The van der Waals surface area contributed by atoms with Gasteiger partial charge in [0.15, 0.2) is 0 Å². The Hall–Kier alpha value is -1.39. The number of rotatable bonds is 7. The van der Waals surface area contributed by atoms with Gasteiger partial charge in [0.1, 0.15) is 0 Å². The van der Waals surface area contributed by atoms with Crippen molar-refractivity contribution in [3.63, 3.8) is 0 Å². The van der Waals surface area contributed by atoms with Crippen molar-refractivity contribution in [3.05, 3.63) is 35.4 Å². The minimum atomic E-state index is 0.0373. The Morgan fingerprint density at radius 1 is 1.33 bits per heavy atom. The summed E-state index contributed by atoms with van der Waals surface area (Å²) in [6.07, 6.45) is 0. The molecule has 0 unspecified atom stereocenters. The molecule has 0 heterocycles. The Morgan fingerprint density at radius 3 is 2.78 bits per heavy atom. The third kappa shape index (κ3) is 6.37. The minimum absolute atomic E-state index is 0.0373. The van der Waals surface area contributed by atoms with E-state index in [1.54, 1.807) is 0 Å². The monoisotopic (exact) mass is 249 g/mol. The van der Waals surface area contributed by atoms with Gasteiger partial charge in [0.25, 0.3) is 0 Å². The number of nitrogens with one attached hydrogen (secondary N) is 2. The van der Waals surface area contributed by atoms with E-state index in [1.165, 1.54) is 5.56 Å². The molecule has 2 N–H and O–H groups in total. The van der Waals surface area contributed by atoms with Gasteiger partial charge in [-0.05, 0) is 26.6 Å². The largest absolute Gasteiger partial charge is 0.351 e. The molecule has 1 amide bonds. The van der Waals surface area contributed by atoms with E-state index in [0.717, 1.165) is 18.7 Å². The molecule has 100 valence electrons. The van der Waals surface area contributed by atoms with Crippen LogP contribution < -0.4 is 10.6 Å². The maximum Gasteiger partial charge on any atom is 0.234 e. The Bertz CT molecular complexity index is 377. The predicted molar refractivity (Wildman–Crippen MR) is 74.4 cm³/mol. The molecule has 18 heavy (non-hydrogen) atoms. The fraction of sp³-hybridized carbons (Fsp3) is 0.500. The minimum Gasteiger partial charge on any atom is -0.351 e. The lowest BCUT2D eigenvalue weighted by Gasteiger charge is -2.10. The molecule has 0 saturated carbocycles. The van der Waals surface area contributed by atoms with Crippen molar-refractivity contribution >= 4 is 5.91 Å². The average molecular weight is 249 g/mol. The lowest BCUT2D eigenvalue weighted by atomic mass is 10.1. The van der Waals surface area contributed by atoms with Crippen LogP contribution in [-0.4, -0.2) is 44.5 Å². The normalized spacial score (nSPS) is 10.7. The van der Waals surface area contributed by atoms with Gasteiger partial charge >= 0.3 is 0 Å². The molecule has 0 aliphatic rings. The highest BCUT2D eigenvalue weighted by Gasteiger charge is 2.00. The number of benzene rings is 1. The van der Waals surface area contributed by atoms with Crippen molar-refractivity contribution in [2.24, 2.45) is 0 Å². The molecule has 1 aromatic carbocycles. The maximum absolute atomic E-state index is 11.6. The summed E-state index contributed by atoms with van der Waals surface area (Å²) in [7, 11) is 4.03. The fourth-order valence-electron chi connectivity index (χ4n) is 1.59. The predicted octanol–water partition coefficient (Wildman–Crippen LogP) is 0.762. The van der Waals surface area contributed by atoms with Crippen molar-refractivity contribution in [2.75, 3.05) is 33.7 Å². The van der Waals surface area contributed by atoms with Crippen molar-refractivity contribution < 1.29 is 4.79 Å². The quantitative estimate of drug-likeness (QED) is 0.701. The molecule has 0 atom stereocenters. The lowest BCUT2D eigenvalue weighted by Crippen LogP contribution is -2.36. The molecule has 0 bridgehead atoms. The average Bonchev–Trinajstić information content (AvgIpc) is 2.32. The molecule has 1 rings (SSSR count). The summed E-state index contributed by atoms with van der Waals surface area (Å²) in [6.45, 7) is 4.78. The lowest BCUT2D eigenvalue weighted by molar-refractivity contribution is -0.120. The van der Waals surface area contributed by atoms with Crippen molar-refractivity contribution in [3.8, 4) is 0 Å². The smallest absolute Gasteiger partial charge is 0.234 e. The van der Waals surface area contributed by atoms with Gasteiger partial charge in [0.05, 0.1) is 6.54 Å². The van der Waals surface area contributed by atoms with Crippen LogP contribution in [0.1, 0.15) is 11.1 Å². The van der Waals surface area contributed by atoms with E-state index in [9.17, 15) is 4.79 Å². The van der Waals surface area contributed by atoms with Crippen LogP contribution in [-0.2, 0) is 11.3 Å². The van der Waals surface area contributed by atoms with Gasteiger partial charge in [-0.1, -0.05) is 29.8 Å². The van der Waals surface area contributed by atoms with Crippen molar-refractivity contribution in [2.45, 2.75) is 13.5 Å². The molecule has 0 spiro atoms. The van der Waals surface area contributed by atoms with Gasteiger partial charge in [0.2, 0.25) is 5.91 Å². The zero-order valence-corrected chi connectivity index (χ0v) is 11.5. The summed E-state index contributed by atoms with van der Waals surface area (Å²) in [5.74, 6) is 0.0373. The van der Waals surface area contributed by atoms with Crippen LogP contribution in [0.2, 0.25) is 0 Å². The molecule has 0 aliphatic heterocycles. The number of amides is 1. The molecule has 0 aromatic heterocycles. The first kappa shape index (κ1) is 14.7. The number of carbonyl (C=O) groups excluding carboxylic acids is 1. The summed E-state index contributed by atoms with van der Waals surface area (Å²) in [4.78, 5) is 13.6. The third-order valence-corrected chi connectivity index (χ3v) is 2.59. The fourth-order valence-corrected chi connectivity index (χ4v) is 1.59. The van der Waals surface area contributed by atoms with Crippen LogP contribution in [0.3, 0.4) is 0 Å². The molecule has 0 radical (unpaired) electrons. The Balaban J connectivity index is 2.17. The van der Waals surface area contributed by atoms with E-state index in [-0.39, 0.29) is 5.91 Å². The summed E-state index contributed by atoms with van der Waals surface area (Å²) < 4.78 is 0. The van der Waals surface area contributed by atoms with Gasteiger partial charge in [-0.25, -0.2) is 0 Å². The molecular weight excluding hydrogens is 226 g/mol. The summed E-state index contributed by atoms with van der Waals surface area (Å²) in [5, 5.41) is 6.01. The number of nitrogens with zero attached hydrogens (tertiary/aromatic N) is 1. The van der Waals surface area contributed by atoms with Gasteiger partial charge < -0.3 is 15.5 Å². The maximum atomic E-state index is 11.6. The van der Waals surface area contributed by atoms with Crippen LogP contribution >= 0.6 is 0 Å². The molecule has 0 fully saturated rings. The van der Waals surface area contributed by atoms with E-state index in [2.05, 4.69) is 21.6 Å². The second kappa shape index (κ2) is 7.84. The Kier molecular flexibility index (Phi) is 6.39. The molecule has 0 aliphatic carbocycles. The van der Waals surface area contributed by atoms with Gasteiger partial charge in [0, 0.05) is 19.6 Å². The van der Waals surface area contributed by atoms with E-state index >= 15 is 0 Å².